The lowest BCUT2D eigenvalue weighted by atomic mass is 10.0. The summed E-state index contributed by atoms with van der Waals surface area (Å²) in [6.07, 6.45) is 2.67. The molecule has 0 atom stereocenters. The zero-order valence-corrected chi connectivity index (χ0v) is 17.8. The quantitative estimate of drug-likeness (QED) is 0.647. The third kappa shape index (κ3) is 5.59. The van der Waals surface area contributed by atoms with E-state index in [1.807, 2.05) is 0 Å². The van der Waals surface area contributed by atoms with Crippen LogP contribution in [0.1, 0.15) is 54.5 Å². The van der Waals surface area contributed by atoms with Gasteiger partial charge in [0.25, 0.3) is 0 Å². The second-order valence-electron chi connectivity index (χ2n) is 7.60. The van der Waals surface area contributed by atoms with Crippen molar-refractivity contribution in [1.29, 1.82) is 0 Å². The van der Waals surface area contributed by atoms with Gasteiger partial charge in [-0.2, -0.15) is 0 Å². The fourth-order valence-corrected chi connectivity index (χ4v) is 3.58. The molecule has 27 heavy (non-hydrogen) atoms. The summed E-state index contributed by atoms with van der Waals surface area (Å²) in [5.41, 5.74) is 7.88. The van der Waals surface area contributed by atoms with Crippen molar-refractivity contribution in [2.45, 2.75) is 60.8 Å². The fourth-order valence-electron chi connectivity index (χ4n) is 3.58. The van der Waals surface area contributed by atoms with Crippen molar-refractivity contribution in [3.63, 3.8) is 0 Å². The van der Waals surface area contributed by atoms with Crippen LogP contribution in [0.3, 0.4) is 0 Å². The van der Waals surface area contributed by atoms with Gasteiger partial charge in [0, 0.05) is 24.5 Å². The van der Waals surface area contributed by atoms with Gasteiger partial charge in [-0.05, 0) is 74.9 Å². The summed E-state index contributed by atoms with van der Waals surface area (Å²) in [5.74, 6) is 0.0432. The van der Waals surface area contributed by atoms with E-state index in [4.69, 9.17) is 0 Å². The van der Waals surface area contributed by atoms with Crippen LogP contribution in [0.15, 0.2) is 30.3 Å². The van der Waals surface area contributed by atoms with Crippen LogP contribution in [0, 0.1) is 27.7 Å². The van der Waals surface area contributed by atoms with Gasteiger partial charge in [0.1, 0.15) is 0 Å². The third-order valence-corrected chi connectivity index (χ3v) is 4.99. The van der Waals surface area contributed by atoms with Crippen LogP contribution in [-0.2, 0) is 11.2 Å². The number of nitrogens with one attached hydrogen (secondary N) is 1. The lowest BCUT2D eigenvalue weighted by Crippen LogP contribution is -2.25. The van der Waals surface area contributed by atoms with Crippen LogP contribution < -0.4 is 10.2 Å². The van der Waals surface area contributed by atoms with E-state index in [0.29, 0.717) is 6.42 Å². The monoisotopic (exact) mass is 366 g/mol. The minimum Gasteiger partial charge on any atom is -0.372 e. The van der Waals surface area contributed by atoms with Crippen molar-refractivity contribution < 1.29 is 4.79 Å². The normalized spacial score (nSPS) is 10.7. The Kier molecular flexibility index (Phi) is 7.46. The van der Waals surface area contributed by atoms with E-state index in [1.165, 1.54) is 11.3 Å². The predicted octanol–water partition coefficient (Wildman–Crippen LogP) is 5.73. The summed E-state index contributed by atoms with van der Waals surface area (Å²) >= 11 is 0. The summed E-state index contributed by atoms with van der Waals surface area (Å²) in [7, 11) is 0. The first-order chi connectivity index (χ1) is 12.8. The molecule has 0 bridgehead atoms. The molecule has 0 aliphatic heterocycles. The average Bonchev–Trinajstić information content (AvgIpc) is 2.61. The fraction of sp³-hybridized carbons (Fsp3) is 0.458. The van der Waals surface area contributed by atoms with Crippen molar-refractivity contribution in [2.24, 2.45) is 0 Å². The predicted molar refractivity (Wildman–Crippen MR) is 117 cm³/mol. The van der Waals surface area contributed by atoms with E-state index >= 15 is 0 Å². The maximum Gasteiger partial charge on any atom is 0.228 e. The van der Waals surface area contributed by atoms with E-state index in [0.717, 1.165) is 53.9 Å². The van der Waals surface area contributed by atoms with Crippen LogP contribution in [-0.4, -0.2) is 19.0 Å². The highest BCUT2D eigenvalue weighted by Crippen LogP contribution is 2.28. The van der Waals surface area contributed by atoms with Crippen molar-refractivity contribution in [3.8, 4) is 0 Å². The molecule has 146 valence electrons. The zero-order chi connectivity index (χ0) is 20.0. The molecule has 3 heteroatoms. The van der Waals surface area contributed by atoms with E-state index in [9.17, 15) is 4.79 Å². The van der Waals surface area contributed by atoms with Crippen LogP contribution in [0.5, 0.6) is 0 Å². The number of carbonyl (C=O) groups is 1. The zero-order valence-electron chi connectivity index (χ0n) is 17.8. The first-order valence-electron chi connectivity index (χ1n) is 10.1. The number of aryl methyl sites for hydroxylation is 4. The Morgan fingerprint density at radius 2 is 1.48 bits per heavy atom. The molecule has 0 aromatic heterocycles. The van der Waals surface area contributed by atoms with Gasteiger partial charge in [0.2, 0.25) is 5.91 Å². The van der Waals surface area contributed by atoms with Gasteiger partial charge in [-0.3, -0.25) is 4.79 Å². The van der Waals surface area contributed by atoms with E-state index in [1.54, 1.807) is 0 Å². The molecule has 0 unspecified atom stereocenters. The number of rotatable bonds is 8. The van der Waals surface area contributed by atoms with Gasteiger partial charge < -0.3 is 10.2 Å². The van der Waals surface area contributed by atoms with Crippen molar-refractivity contribution >= 4 is 17.3 Å². The van der Waals surface area contributed by atoms with E-state index < -0.39 is 0 Å². The Morgan fingerprint density at radius 3 is 2.04 bits per heavy atom. The standard InChI is InChI=1S/C24H34N2O/c1-7-11-26(12-8-2)22-14-19(5)24(20(6)15-22)25-23(27)16-21-13-17(3)9-10-18(21)4/h9-10,13-15H,7-8,11-12,16H2,1-6H3,(H,25,27). The molecule has 1 amide bonds. The number of anilines is 2. The summed E-state index contributed by atoms with van der Waals surface area (Å²) in [6.45, 7) is 14.8. The molecule has 0 aliphatic rings. The Labute approximate surface area is 164 Å². The van der Waals surface area contributed by atoms with Gasteiger partial charge in [0.15, 0.2) is 0 Å². The summed E-state index contributed by atoms with van der Waals surface area (Å²) < 4.78 is 0. The largest absolute Gasteiger partial charge is 0.372 e. The lowest BCUT2D eigenvalue weighted by Gasteiger charge is -2.26. The number of hydrogen-bond donors (Lipinski definition) is 1. The lowest BCUT2D eigenvalue weighted by molar-refractivity contribution is -0.115. The maximum absolute atomic E-state index is 12.7. The molecule has 0 saturated carbocycles. The second-order valence-corrected chi connectivity index (χ2v) is 7.60. The third-order valence-electron chi connectivity index (χ3n) is 4.99. The molecule has 1 N–H and O–H groups in total. The molecular weight excluding hydrogens is 332 g/mol. The van der Waals surface area contributed by atoms with Crippen molar-refractivity contribution in [3.05, 3.63) is 58.1 Å². The molecule has 0 fully saturated rings. The highest BCUT2D eigenvalue weighted by molar-refractivity contribution is 5.94. The van der Waals surface area contributed by atoms with Crippen LogP contribution in [0.25, 0.3) is 0 Å². The first kappa shape index (κ1) is 21.0. The number of nitrogens with zero attached hydrogens (tertiary/aromatic N) is 1. The van der Waals surface area contributed by atoms with Gasteiger partial charge in [-0.15, -0.1) is 0 Å². The Hall–Kier alpha value is -2.29. The number of amides is 1. The molecule has 2 rings (SSSR count). The smallest absolute Gasteiger partial charge is 0.228 e. The van der Waals surface area contributed by atoms with E-state index in [-0.39, 0.29) is 5.91 Å². The van der Waals surface area contributed by atoms with Crippen molar-refractivity contribution in [1.82, 2.24) is 0 Å². The molecule has 2 aromatic rings. The summed E-state index contributed by atoms with van der Waals surface area (Å²) in [4.78, 5) is 15.1. The molecular formula is C24H34N2O. The maximum atomic E-state index is 12.7. The van der Waals surface area contributed by atoms with Gasteiger partial charge in [-0.1, -0.05) is 37.6 Å². The van der Waals surface area contributed by atoms with Gasteiger partial charge in [-0.25, -0.2) is 0 Å². The molecule has 0 aliphatic carbocycles. The van der Waals surface area contributed by atoms with Crippen LogP contribution in [0.4, 0.5) is 11.4 Å². The van der Waals surface area contributed by atoms with Crippen LogP contribution >= 0.6 is 0 Å². The molecule has 0 heterocycles. The topological polar surface area (TPSA) is 32.3 Å². The Bertz CT molecular complexity index is 766. The SMILES string of the molecule is CCCN(CCC)c1cc(C)c(NC(=O)Cc2cc(C)ccc2C)c(C)c1. The Morgan fingerprint density at radius 1 is 0.889 bits per heavy atom. The minimum atomic E-state index is 0.0432. The summed E-state index contributed by atoms with van der Waals surface area (Å²) in [6, 6.07) is 10.7. The first-order valence-corrected chi connectivity index (χ1v) is 10.1. The number of carbonyl (C=O) groups excluding carboxylic acids is 1. The number of benzene rings is 2. The molecule has 2 aromatic carbocycles. The minimum absolute atomic E-state index is 0.0432. The Balaban J connectivity index is 2.18. The number of hydrogen-bond acceptors (Lipinski definition) is 2. The highest BCUT2D eigenvalue weighted by Gasteiger charge is 2.13. The van der Waals surface area contributed by atoms with Gasteiger partial charge >= 0.3 is 0 Å². The molecule has 0 radical (unpaired) electrons. The second kappa shape index (κ2) is 9.59. The summed E-state index contributed by atoms with van der Waals surface area (Å²) in [5, 5.41) is 3.15. The van der Waals surface area contributed by atoms with Gasteiger partial charge in [0.05, 0.1) is 6.42 Å². The molecule has 3 nitrogen and oxygen atoms in total. The van der Waals surface area contributed by atoms with Crippen molar-refractivity contribution in [2.75, 3.05) is 23.3 Å². The average molecular weight is 367 g/mol. The van der Waals surface area contributed by atoms with Crippen LogP contribution in [0.2, 0.25) is 0 Å². The highest BCUT2D eigenvalue weighted by atomic mass is 16.1. The molecule has 0 saturated heterocycles. The molecule has 0 spiro atoms. The van der Waals surface area contributed by atoms with E-state index in [2.05, 4.69) is 82.1 Å².